The van der Waals surface area contributed by atoms with Gasteiger partial charge in [-0.2, -0.15) is 0 Å². The van der Waals surface area contributed by atoms with E-state index >= 15 is 0 Å². The summed E-state index contributed by atoms with van der Waals surface area (Å²) in [5.41, 5.74) is 0. The molecule has 3 rings (SSSR count). The van der Waals surface area contributed by atoms with Crippen molar-refractivity contribution >= 4 is 17.6 Å². The molecule has 1 fully saturated rings. The Balaban J connectivity index is 1.74. The van der Waals surface area contributed by atoms with Crippen LogP contribution in [-0.4, -0.2) is 13.5 Å². The van der Waals surface area contributed by atoms with Gasteiger partial charge in [0.1, 0.15) is 0 Å². The van der Waals surface area contributed by atoms with Gasteiger partial charge in [-0.1, -0.05) is 0 Å². The van der Waals surface area contributed by atoms with Gasteiger partial charge in [-0.25, -0.2) is 0 Å². The molecule has 0 spiro atoms. The van der Waals surface area contributed by atoms with Crippen LogP contribution >= 0.6 is 0 Å². The first-order valence-corrected chi connectivity index (χ1v) is 7.04. The van der Waals surface area contributed by atoms with Crippen molar-refractivity contribution in [1.82, 2.24) is 0 Å². The van der Waals surface area contributed by atoms with Crippen molar-refractivity contribution in [3.63, 3.8) is 0 Å². The second-order valence-electron chi connectivity index (χ2n) is 5.29. The van der Waals surface area contributed by atoms with Crippen molar-refractivity contribution in [2.45, 2.75) is 32.1 Å². The zero-order chi connectivity index (χ0) is 12.2. The van der Waals surface area contributed by atoms with Gasteiger partial charge in [-0.3, -0.25) is 0 Å². The summed E-state index contributed by atoms with van der Waals surface area (Å²) in [5.74, 6) is 3.88. The zero-order valence-electron chi connectivity index (χ0n) is 10.8. The van der Waals surface area contributed by atoms with Crippen LogP contribution in [0.15, 0.2) is 36.3 Å². The van der Waals surface area contributed by atoms with E-state index in [0.717, 1.165) is 18.3 Å². The second-order valence-corrected chi connectivity index (χ2v) is 5.29. The monoisotopic (exact) mass is 238 g/mol. The Labute approximate surface area is 109 Å². The van der Waals surface area contributed by atoms with E-state index in [0.29, 0.717) is 0 Å². The fourth-order valence-corrected chi connectivity index (χ4v) is 2.88. The summed E-state index contributed by atoms with van der Waals surface area (Å²) in [6.07, 6.45) is 6.84. The minimum atomic E-state index is 0.762. The molecular formula is C16H19BO. The zero-order valence-corrected chi connectivity index (χ0v) is 10.8. The van der Waals surface area contributed by atoms with Crippen LogP contribution < -0.4 is 4.74 Å². The average Bonchev–Trinajstić information content (AvgIpc) is 2.46. The molecule has 0 aliphatic heterocycles. The number of ether oxygens (including phenoxy) is 1. The van der Waals surface area contributed by atoms with E-state index in [1.165, 1.54) is 42.8 Å². The van der Waals surface area contributed by atoms with Gasteiger partial charge in [-0.05, 0) is 0 Å². The van der Waals surface area contributed by atoms with Crippen molar-refractivity contribution < 1.29 is 4.74 Å². The summed E-state index contributed by atoms with van der Waals surface area (Å²) in [7, 11) is 0. The van der Waals surface area contributed by atoms with Crippen LogP contribution in [0.5, 0.6) is 5.75 Å². The Morgan fingerprint density at radius 2 is 1.89 bits per heavy atom. The predicted molar refractivity (Wildman–Crippen MR) is 77.4 cm³/mol. The number of rotatable bonds is 3. The van der Waals surface area contributed by atoms with Crippen molar-refractivity contribution in [2.75, 3.05) is 6.61 Å². The van der Waals surface area contributed by atoms with Gasteiger partial charge < -0.3 is 0 Å². The summed E-state index contributed by atoms with van der Waals surface area (Å²) >= 11 is 0. The molecule has 0 saturated heterocycles. The van der Waals surface area contributed by atoms with Gasteiger partial charge in [0.05, 0.1) is 0 Å². The standard InChI is InChI=1S/C16H19BO/c1-2-6-13(7-3-1)12-18-16-10-11-17-15-9-5-4-8-14(15)16/h4-5,8-11,13H,1-3,6-7,12H2. The Morgan fingerprint density at radius 1 is 1.06 bits per heavy atom. The molecule has 1 heterocycles. The average molecular weight is 238 g/mol. The molecule has 0 amide bonds. The summed E-state index contributed by atoms with van der Waals surface area (Å²) < 4.78 is 6.06. The van der Waals surface area contributed by atoms with E-state index in [1.54, 1.807) is 0 Å². The molecule has 1 aliphatic carbocycles. The van der Waals surface area contributed by atoms with Crippen LogP contribution in [0.3, 0.4) is 0 Å². The number of benzene rings is 1. The van der Waals surface area contributed by atoms with E-state index in [4.69, 9.17) is 4.74 Å². The SMILES string of the molecule is b1ccc(OCC2CCCCC2)c2ccccc12. The number of hydrogen-bond donors (Lipinski definition) is 0. The van der Waals surface area contributed by atoms with Crippen LogP contribution in [0.25, 0.3) is 10.7 Å². The molecule has 0 unspecified atom stereocenters. The van der Waals surface area contributed by atoms with E-state index in [1.807, 2.05) is 0 Å². The topological polar surface area (TPSA) is 9.23 Å². The minimum absolute atomic E-state index is 0.762. The van der Waals surface area contributed by atoms with Crippen LogP contribution in [0.2, 0.25) is 0 Å². The van der Waals surface area contributed by atoms with Crippen LogP contribution in [0.1, 0.15) is 32.1 Å². The fraction of sp³-hybridized carbons (Fsp3) is 0.438. The van der Waals surface area contributed by atoms with Crippen molar-refractivity contribution in [1.29, 1.82) is 0 Å². The molecule has 0 radical (unpaired) electrons. The number of fused-ring (bicyclic) bond motifs is 1. The molecule has 1 nitrogen and oxygen atoms in total. The first-order chi connectivity index (χ1) is 8.93. The fourth-order valence-electron chi connectivity index (χ4n) is 2.88. The first kappa shape index (κ1) is 11.8. The molecular weight excluding hydrogens is 219 g/mol. The molecule has 2 aromatic rings. The molecule has 0 bridgehead atoms. The maximum atomic E-state index is 6.06. The van der Waals surface area contributed by atoms with Crippen molar-refractivity contribution in [3.05, 3.63) is 36.3 Å². The van der Waals surface area contributed by atoms with Crippen LogP contribution in [-0.2, 0) is 0 Å². The van der Waals surface area contributed by atoms with Gasteiger partial charge in [0.25, 0.3) is 0 Å². The Morgan fingerprint density at radius 3 is 2.78 bits per heavy atom. The molecule has 1 aliphatic rings. The predicted octanol–water partition coefficient (Wildman–Crippen LogP) is 4.14. The first-order valence-electron chi connectivity index (χ1n) is 7.04. The molecule has 1 aromatic heterocycles. The summed E-state index contributed by atoms with van der Waals surface area (Å²) in [6, 6.07) is 10.5. The van der Waals surface area contributed by atoms with Gasteiger partial charge in [-0.15, -0.1) is 0 Å². The second kappa shape index (κ2) is 5.56. The third-order valence-corrected chi connectivity index (χ3v) is 3.95. The maximum absolute atomic E-state index is 6.06. The Kier molecular flexibility index (Phi) is 3.63. The van der Waals surface area contributed by atoms with E-state index < -0.39 is 0 Å². The van der Waals surface area contributed by atoms with Crippen LogP contribution in [0.4, 0.5) is 0 Å². The molecule has 2 heteroatoms. The van der Waals surface area contributed by atoms with E-state index in [-0.39, 0.29) is 0 Å². The number of hydrogen-bond acceptors (Lipinski definition) is 1. The van der Waals surface area contributed by atoms with E-state index in [2.05, 4.69) is 43.2 Å². The van der Waals surface area contributed by atoms with Crippen LogP contribution in [0, 0.1) is 5.92 Å². The molecule has 1 saturated carbocycles. The third kappa shape index (κ3) is 2.58. The van der Waals surface area contributed by atoms with Gasteiger partial charge >= 0.3 is 109 Å². The summed E-state index contributed by atoms with van der Waals surface area (Å²) in [5, 5.41) is 2.49. The van der Waals surface area contributed by atoms with Crippen molar-refractivity contribution in [3.8, 4) is 5.75 Å². The van der Waals surface area contributed by atoms with E-state index in [9.17, 15) is 0 Å². The summed E-state index contributed by atoms with van der Waals surface area (Å²) in [6.45, 7) is 3.02. The van der Waals surface area contributed by atoms with Gasteiger partial charge in [0.15, 0.2) is 0 Å². The Bertz CT molecular complexity index is 512. The molecule has 18 heavy (non-hydrogen) atoms. The Hall–Kier alpha value is -1.31. The molecule has 0 atom stereocenters. The normalized spacial score (nSPS) is 16.7. The quantitative estimate of drug-likeness (QED) is 0.780. The molecule has 92 valence electrons. The summed E-state index contributed by atoms with van der Waals surface area (Å²) in [4.78, 5) is 0. The van der Waals surface area contributed by atoms with Crippen molar-refractivity contribution in [2.24, 2.45) is 5.92 Å². The molecule has 1 aromatic carbocycles. The van der Waals surface area contributed by atoms with Gasteiger partial charge in [0.2, 0.25) is 0 Å². The molecule has 0 N–H and O–H groups in total. The van der Waals surface area contributed by atoms with Gasteiger partial charge in [0, 0.05) is 0 Å². The third-order valence-electron chi connectivity index (χ3n) is 3.95.